The van der Waals surface area contributed by atoms with Crippen LogP contribution in [0.5, 0.6) is 5.75 Å². The summed E-state index contributed by atoms with van der Waals surface area (Å²) in [6, 6.07) is 7.07. The molecule has 2 aromatic rings. The number of nitrogens with zero attached hydrogens (tertiary/aromatic N) is 2. The maximum absolute atomic E-state index is 12.0. The van der Waals surface area contributed by atoms with Crippen molar-refractivity contribution in [2.24, 2.45) is 7.05 Å². The lowest BCUT2D eigenvalue weighted by atomic mass is 9.99. The van der Waals surface area contributed by atoms with E-state index in [1.54, 1.807) is 42.2 Å². The molecule has 0 aliphatic rings. The second kappa shape index (κ2) is 7.28. The van der Waals surface area contributed by atoms with Crippen molar-refractivity contribution in [3.63, 3.8) is 0 Å². The van der Waals surface area contributed by atoms with Crippen LogP contribution in [0.25, 0.3) is 0 Å². The summed E-state index contributed by atoms with van der Waals surface area (Å²) < 4.78 is 7.20. The molecule has 0 saturated carbocycles. The molecule has 0 atom stereocenters. The molecule has 0 aliphatic heterocycles. The normalized spacial score (nSPS) is 11.3. The van der Waals surface area contributed by atoms with Crippen molar-refractivity contribution in [3.8, 4) is 5.75 Å². The molecule has 23 heavy (non-hydrogen) atoms. The molecule has 1 aromatic carbocycles. The highest BCUT2D eigenvalue weighted by atomic mass is 16.5. The van der Waals surface area contributed by atoms with Crippen molar-refractivity contribution in [1.29, 1.82) is 0 Å². The van der Waals surface area contributed by atoms with E-state index in [2.05, 4.69) is 10.4 Å². The number of aromatic nitrogens is 2. The smallest absolute Gasteiger partial charge is 0.258 e. The lowest BCUT2D eigenvalue weighted by Gasteiger charge is -2.25. The number of hydrogen-bond donors (Lipinski definition) is 2. The van der Waals surface area contributed by atoms with E-state index in [-0.39, 0.29) is 12.5 Å². The van der Waals surface area contributed by atoms with Crippen molar-refractivity contribution >= 4 is 11.6 Å². The first kappa shape index (κ1) is 17.0. The first-order valence-electron chi connectivity index (χ1n) is 7.71. The molecule has 0 fully saturated rings. The number of carbonyl (C=O) groups is 1. The molecule has 2 N–H and O–H groups in total. The summed E-state index contributed by atoms with van der Waals surface area (Å²) in [5, 5.41) is 17.0. The zero-order chi connectivity index (χ0) is 16.9. The average molecular weight is 317 g/mol. The topological polar surface area (TPSA) is 76.4 Å². The van der Waals surface area contributed by atoms with Gasteiger partial charge in [-0.25, -0.2) is 0 Å². The summed E-state index contributed by atoms with van der Waals surface area (Å²) in [5.41, 5.74) is 0.379. The van der Waals surface area contributed by atoms with Crippen LogP contribution in [0.4, 0.5) is 5.69 Å². The first-order chi connectivity index (χ1) is 11.0. The molecule has 1 amide bonds. The molecule has 1 heterocycles. The molecule has 0 bridgehead atoms. The summed E-state index contributed by atoms with van der Waals surface area (Å²) in [4.78, 5) is 12.0. The zero-order valence-electron chi connectivity index (χ0n) is 13.7. The number of carbonyl (C=O) groups excluding carboxylic acids is 1. The van der Waals surface area contributed by atoms with Gasteiger partial charge in [0.15, 0.2) is 0 Å². The van der Waals surface area contributed by atoms with Gasteiger partial charge in [0.05, 0.1) is 17.4 Å². The van der Waals surface area contributed by atoms with Crippen molar-refractivity contribution in [1.82, 2.24) is 9.78 Å². The standard InChI is InChI=1S/C17H23N3O3/c1-4-17(22,5-2)12-23-15-8-6-14(7-9-15)19-16(21)13-10-18-20(3)11-13/h6-11,22H,4-5,12H2,1-3H3,(H,19,21). The largest absolute Gasteiger partial charge is 0.491 e. The lowest BCUT2D eigenvalue weighted by Crippen LogP contribution is -2.34. The van der Waals surface area contributed by atoms with Gasteiger partial charge in [-0.05, 0) is 37.1 Å². The summed E-state index contributed by atoms with van der Waals surface area (Å²) in [6.07, 6.45) is 4.46. The van der Waals surface area contributed by atoms with E-state index in [4.69, 9.17) is 4.74 Å². The maximum atomic E-state index is 12.0. The van der Waals surface area contributed by atoms with Gasteiger partial charge in [0.25, 0.3) is 5.91 Å². The number of rotatable bonds is 7. The van der Waals surface area contributed by atoms with Gasteiger partial charge in [-0.1, -0.05) is 13.8 Å². The molecular formula is C17H23N3O3. The predicted octanol–water partition coefficient (Wildman–Crippen LogP) is 2.60. The third kappa shape index (κ3) is 4.56. The monoisotopic (exact) mass is 317 g/mol. The van der Waals surface area contributed by atoms with Crippen molar-refractivity contribution < 1.29 is 14.6 Å². The first-order valence-corrected chi connectivity index (χ1v) is 7.71. The van der Waals surface area contributed by atoms with Gasteiger partial charge >= 0.3 is 0 Å². The Balaban J connectivity index is 1.93. The van der Waals surface area contributed by atoms with Crippen LogP contribution in [0.2, 0.25) is 0 Å². The molecular weight excluding hydrogens is 294 g/mol. The summed E-state index contributed by atoms with van der Waals surface area (Å²) in [7, 11) is 1.76. The number of nitrogens with one attached hydrogen (secondary N) is 1. The average Bonchev–Trinajstić information content (AvgIpc) is 3.00. The SMILES string of the molecule is CCC(O)(CC)COc1ccc(NC(=O)c2cnn(C)c2)cc1. The van der Waals surface area contributed by atoms with Crippen LogP contribution in [0.1, 0.15) is 37.0 Å². The zero-order valence-corrected chi connectivity index (χ0v) is 13.7. The predicted molar refractivity (Wildman–Crippen MR) is 88.6 cm³/mol. The van der Waals surface area contributed by atoms with E-state index in [1.165, 1.54) is 6.20 Å². The number of anilines is 1. The molecule has 2 rings (SSSR count). The van der Waals surface area contributed by atoms with Gasteiger partial charge in [0.2, 0.25) is 0 Å². The van der Waals surface area contributed by atoms with Gasteiger partial charge in [-0.3, -0.25) is 9.48 Å². The van der Waals surface area contributed by atoms with Gasteiger partial charge in [0.1, 0.15) is 12.4 Å². The molecule has 0 radical (unpaired) electrons. The third-order valence-corrected chi connectivity index (χ3v) is 3.90. The number of ether oxygens (including phenoxy) is 1. The summed E-state index contributed by atoms with van der Waals surface area (Å²) in [6.45, 7) is 4.12. The Labute approximate surface area is 136 Å². The second-order valence-corrected chi connectivity index (χ2v) is 5.60. The molecule has 6 nitrogen and oxygen atoms in total. The van der Waals surface area contributed by atoms with Crippen LogP contribution in [-0.2, 0) is 7.05 Å². The highest BCUT2D eigenvalue weighted by molar-refractivity contribution is 6.03. The minimum absolute atomic E-state index is 0.210. The summed E-state index contributed by atoms with van der Waals surface area (Å²) in [5.74, 6) is 0.447. The Morgan fingerprint density at radius 2 is 1.96 bits per heavy atom. The molecule has 124 valence electrons. The second-order valence-electron chi connectivity index (χ2n) is 5.60. The maximum Gasteiger partial charge on any atom is 0.258 e. The van der Waals surface area contributed by atoms with Crippen LogP contribution in [0.3, 0.4) is 0 Å². The van der Waals surface area contributed by atoms with Crippen molar-refractivity contribution in [2.75, 3.05) is 11.9 Å². The number of aryl methyl sites for hydroxylation is 1. The van der Waals surface area contributed by atoms with E-state index in [0.717, 1.165) is 0 Å². The van der Waals surface area contributed by atoms with Crippen LogP contribution < -0.4 is 10.1 Å². The van der Waals surface area contributed by atoms with Gasteiger partial charge in [-0.2, -0.15) is 5.10 Å². The third-order valence-electron chi connectivity index (χ3n) is 3.90. The number of aliphatic hydroxyl groups is 1. The van der Waals surface area contributed by atoms with Gasteiger partial charge < -0.3 is 15.2 Å². The van der Waals surface area contributed by atoms with Gasteiger partial charge in [-0.15, -0.1) is 0 Å². The number of amides is 1. The van der Waals surface area contributed by atoms with Crippen LogP contribution >= 0.6 is 0 Å². The van der Waals surface area contributed by atoms with Crippen molar-refractivity contribution in [3.05, 3.63) is 42.2 Å². The Hall–Kier alpha value is -2.34. The molecule has 0 aliphatic carbocycles. The van der Waals surface area contributed by atoms with E-state index in [1.807, 2.05) is 13.8 Å². The van der Waals surface area contributed by atoms with Crippen LogP contribution in [0, 0.1) is 0 Å². The molecule has 0 spiro atoms. The fourth-order valence-corrected chi connectivity index (χ4v) is 2.05. The Morgan fingerprint density at radius 3 is 2.48 bits per heavy atom. The quantitative estimate of drug-likeness (QED) is 0.823. The fourth-order valence-electron chi connectivity index (χ4n) is 2.05. The van der Waals surface area contributed by atoms with E-state index in [9.17, 15) is 9.90 Å². The minimum Gasteiger partial charge on any atom is -0.491 e. The van der Waals surface area contributed by atoms with Gasteiger partial charge in [0, 0.05) is 18.9 Å². The Morgan fingerprint density at radius 1 is 1.30 bits per heavy atom. The molecule has 1 aromatic heterocycles. The lowest BCUT2D eigenvalue weighted by molar-refractivity contribution is -0.0113. The molecule has 0 unspecified atom stereocenters. The highest BCUT2D eigenvalue weighted by Crippen LogP contribution is 2.20. The number of hydrogen-bond acceptors (Lipinski definition) is 4. The Kier molecular flexibility index (Phi) is 5.39. The molecule has 0 saturated heterocycles. The fraction of sp³-hybridized carbons (Fsp3) is 0.412. The molecule has 6 heteroatoms. The summed E-state index contributed by atoms with van der Waals surface area (Å²) >= 11 is 0. The van der Waals surface area contributed by atoms with E-state index in [0.29, 0.717) is 29.8 Å². The van der Waals surface area contributed by atoms with E-state index >= 15 is 0 Å². The number of benzene rings is 1. The minimum atomic E-state index is -0.798. The van der Waals surface area contributed by atoms with Crippen LogP contribution in [-0.4, -0.2) is 33.0 Å². The Bertz CT molecular complexity index is 645. The van der Waals surface area contributed by atoms with Crippen LogP contribution in [0.15, 0.2) is 36.7 Å². The highest BCUT2D eigenvalue weighted by Gasteiger charge is 2.23. The van der Waals surface area contributed by atoms with Crippen molar-refractivity contribution in [2.45, 2.75) is 32.3 Å². The van der Waals surface area contributed by atoms with E-state index < -0.39 is 5.60 Å².